The van der Waals surface area contributed by atoms with Crippen molar-refractivity contribution in [3.05, 3.63) is 71.8 Å². The van der Waals surface area contributed by atoms with Crippen molar-refractivity contribution < 1.29 is 19.7 Å². The number of hydrogen-bond acceptors (Lipinski definition) is 4. The van der Waals surface area contributed by atoms with E-state index in [0.717, 1.165) is 11.1 Å². The van der Waals surface area contributed by atoms with Gasteiger partial charge in [-0.3, -0.25) is 4.90 Å². The maximum Gasteiger partial charge on any atom is 0.408 e. The van der Waals surface area contributed by atoms with Gasteiger partial charge in [-0.05, 0) is 52.2 Å². The molecule has 2 atom stereocenters. The maximum absolute atomic E-state index is 12.1. The second kappa shape index (κ2) is 11.5. The van der Waals surface area contributed by atoms with Crippen molar-refractivity contribution in [2.75, 3.05) is 13.2 Å². The van der Waals surface area contributed by atoms with Gasteiger partial charge in [-0.15, -0.1) is 0 Å². The first-order valence-corrected chi connectivity index (χ1v) is 11.1. The lowest BCUT2D eigenvalue weighted by atomic mass is 9.94. The van der Waals surface area contributed by atoms with Gasteiger partial charge in [0.25, 0.3) is 0 Å². The zero-order valence-corrected chi connectivity index (χ0v) is 19.9. The number of rotatable bonds is 11. The molecule has 0 fully saturated rings. The molecule has 6 nitrogen and oxygen atoms in total. The Morgan fingerprint density at radius 1 is 0.969 bits per heavy atom. The van der Waals surface area contributed by atoms with Crippen LogP contribution in [0.4, 0.5) is 4.79 Å². The molecule has 0 aliphatic heterocycles. The van der Waals surface area contributed by atoms with Gasteiger partial charge in [0.2, 0.25) is 0 Å². The highest BCUT2D eigenvalue weighted by Gasteiger charge is 2.37. The predicted molar refractivity (Wildman–Crippen MR) is 128 cm³/mol. The van der Waals surface area contributed by atoms with E-state index in [-0.39, 0.29) is 12.1 Å². The van der Waals surface area contributed by atoms with Crippen LogP contribution in [0.1, 0.15) is 45.7 Å². The van der Waals surface area contributed by atoms with Crippen LogP contribution in [0, 0.1) is 0 Å². The van der Waals surface area contributed by atoms with Gasteiger partial charge in [0, 0.05) is 17.6 Å². The third kappa shape index (κ3) is 8.26. The number of nitrogens with one attached hydrogen (secondary N) is 1. The summed E-state index contributed by atoms with van der Waals surface area (Å²) in [5, 5.41) is 24.4. The molecule has 0 aromatic heterocycles. The first kappa shape index (κ1) is 25.8. The highest BCUT2D eigenvalue weighted by molar-refractivity contribution is 5.66. The molecule has 2 aromatic rings. The van der Waals surface area contributed by atoms with Crippen molar-refractivity contribution in [3.63, 3.8) is 0 Å². The van der Waals surface area contributed by atoms with Crippen LogP contribution in [-0.4, -0.2) is 57.6 Å². The Morgan fingerprint density at radius 2 is 1.50 bits per heavy atom. The minimum Gasteiger partial charge on any atom is -0.465 e. The number of hydrogen-bond donors (Lipinski definition) is 3. The highest BCUT2D eigenvalue weighted by Crippen LogP contribution is 2.23. The van der Waals surface area contributed by atoms with E-state index in [9.17, 15) is 15.0 Å². The molecule has 0 heterocycles. The second-order valence-corrected chi connectivity index (χ2v) is 9.89. The number of aliphatic hydroxyl groups is 1. The van der Waals surface area contributed by atoms with E-state index in [4.69, 9.17) is 4.74 Å². The molecule has 0 saturated heterocycles. The molecule has 3 N–H and O–H groups in total. The summed E-state index contributed by atoms with van der Waals surface area (Å²) in [6.45, 7) is 10.8. The lowest BCUT2D eigenvalue weighted by Crippen LogP contribution is -2.59. The topological polar surface area (TPSA) is 82.0 Å². The lowest BCUT2D eigenvalue weighted by molar-refractivity contribution is 0.00130. The first-order chi connectivity index (χ1) is 15.0. The fourth-order valence-corrected chi connectivity index (χ4v) is 3.75. The molecular weight excluding hydrogens is 404 g/mol. The Hall–Kier alpha value is -2.41. The number of aliphatic hydroxyl groups excluding tert-OH is 1. The standard InChI is InChI=1S/C26H38N2O4/c1-25(2,3)28(24(30)31)22(16-20-12-8-6-9-13-20)23(29)17-27-26(4,5)19-32-18-21-14-10-7-11-15-21/h6-15,22-23,27,29H,16-19H2,1-5H3,(H,30,31)/t22-,23-/m0/s1. The van der Waals surface area contributed by atoms with Crippen LogP contribution >= 0.6 is 0 Å². The summed E-state index contributed by atoms with van der Waals surface area (Å²) in [6.07, 6.45) is -1.50. The van der Waals surface area contributed by atoms with Gasteiger partial charge < -0.3 is 20.3 Å². The van der Waals surface area contributed by atoms with Crippen molar-refractivity contribution in [3.8, 4) is 0 Å². The first-order valence-electron chi connectivity index (χ1n) is 11.1. The zero-order chi connectivity index (χ0) is 23.8. The van der Waals surface area contributed by atoms with E-state index < -0.39 is 23.8 Å². The largest absolute Gasteiger partial charge is 0.465 e. The summed E-state index contributed by atoms with van der Waals surface area (Å²) < 4.78 is 5.86. The van der Waals surface area contributed by atoms with Gasteiger partial charge in [0.05, 0.1) is 25.4 Å². The molecule has 0 aliphatic carbocycles. The third-order valence-corrected chi connectivity index (χ3v) is 5.36. The maximum atomic E-state index is 12.1. The van der Waals surface area contributed by atoms with E-state index in [1.54, 1.807) is 0 Å². The van der Waals surface area contributed by atoms with Crippen molar-refractivity contribution >= 4 is 6.09 Å². The number of amides is 1. The van der Waals surface area contributed by atoms with Crippen molar-refractivity contribution in [2.45, 2.75) is 70.9 Å². The van der Waals surface area contributed by atoms with Gasteiger partial charge in [-0.2, -0.15) is 0 Å². The Bertz CT molecular complexity index is 819. The van der Waals surface area contributed by atoms with Crippen LogP contribution < -0.4 is 5.32 Å². The van der Waals surface area contributed by atoms with E-state index >= 15 is 0 Å². The Labute approximate surface area is 192 Å². The number of benzene rings is 2. The molecule has 6 heteroatoms. The second-order valence-electron chi connectivity index (χ2n) is 9.89. The van der Waals surface area contributed by atoms with Crippen LogP contribution in [-0.2, 0) is 17.8 Å². The molecular formula is C26H38N2O4. The average molecular weight is 443 g/mol. The number of carboxylic acid groups (broad SMARTS) is 1. The monoisotopic (exact) mass is 442 g/mol. The summed E-state index contributed by atoms with van der Waals surface area (Å²) >= 11 is 0. The quantitative estimate of drug-likeness (QED) is 0.483. The summed E-state index contributed by atoms with van der Waals surface area (Å²) in [6, 6.07) is 19.1. The molecule has 1 amide bonds. The molecule has 32 heavy (non-hydrogen) atoms. The van der Waals surface area contributed by atoms with Crippen LogP contribution in [0.15, 0.2) is 60.7 Å². The third-order valence-electron chi connectivity index (χ3n) is 5.36. The summed E-state index contributed by atoms with van der Waals surface area (Å²) in [5.41, 5.74) is 1.05. The van der Waals surface area contributed by atoms with Crippen molar-refractivity contribution in [2.24, 2.45) is 0 Å². The molecule has 0 unspecified atom stereocenters. The average Bonchev–Trinajstić information content (AvgIpc) is 2.72. The normalized spacial score (nSPS) is 14.1. The minimum absolute atomic E-state index is 0.249. The molecule has 2 aromatic carbocycles. The predicted octanol–water partition coefficient (Wildman–Crippen LogP) is 4.32. The zero-order valence-electron chi connectivity index (χ0n) is 19.9. The molecule has 0 spiro atoms. The van der Waals surface area contributed by atoms with Crippen molar-refractivity contribution in [1.29, 1.82) is 0 Å². The van der Waals surface area contributed by atoms with Crippen LogP contribution in [0.25, 0.3) is 0 Å². The van der Waals surface area contributed by atoms with Crippen LogP contribution in [0.3, 0.4) is 0 Å². The molecule has 0 radical (unpaired) electrons. The summed E-state index contributed by atoms with van der Waals surface area (Å²) in [7, 11) is 0. The number of β-amino-alcohol motifs (C(OH)–C–C–N with tert-alkyl or cyclic N) is 1. The summed E-state index contributed by atoms with van der Waals surface area (Å²) in [4.78, 5) is 13.5. The molecule has 176 valence electrons. The lowest BCUT2D eigenvalue weighted by Gasteiger charge is -2.42. The molecule has 0 aliphatic rings. The van der Waals surface area contributed by atoms with E-state index in [1.807, 2.05) is 95.3 Å². The summed E-state index contributed by atoms with van der Waals surface area (Å²) in [5.74, 6) is 0. The van der Waals surface area contributed by atoms with Gasteiger partial charge in [-0.1, -0.05) is 60.7 Å². The van der Waals surface area contributed by atoms with E-state index in [0.29, 0.717) is 19.6 Å². The SMILES string of the molecule is CC(C)(COCc1ccccc1)NC[C@H](O)[C@H](Cc1ccccc1)N(C(=O)O)C(C)(C)C. The van der Waals surface area contributed by atoms with Crippen LogP contribution in [0.5, 0.6) is 0 Å². The van der Waals surface area contributed by atoms with E-state index in [2.05, 4.69) is 5.32 Å². The van der Waals surface area contributed by atoms with E-state index in [1.165, 1.54) is 4.90 Å². The van der Waals surface area contributed by atoms with Crippen LogP contribution in [0.2, 0.25) is 0 Å². The Morgan fingerprint density at radius 3 is 2.00 bits per heavy atom. The number of ether oxygens (including phenoxy) is 1. The minimum atomic E-state index is -1.04. The molecule has 0 bridgehead atoms. The number of nitrogens with zero attached hydrogens (tertiary/aromatic N) is 1. The van der Waals surface area contributed by atoms with Gasteiger partial charge in [-0.25, -0.2) is 4.79 Å². The fourth-order valence-electron chi connectivity index (χ4n) is 3.75. The number of carbonyl (C=O) groups is 1. The Balaban J connectivity index is 2.04. The van der Waals surface area contributed by atoms with Gasteiger partial charge >= 0.3 is 6.09 Å². The Kier molecular flexibility index (Phi) is 9.25. The van der Waals surface area contributed by atoms with Gasteiger partial charge in [0.1, 0.15) is 0 Å². The highest BCUT2D eigenvalue weighted by atomic mass is 16.5. The smallest absolute Gasteiger partial charge is 0.408 e. The molecule has 2 rings (SSSR count). The van der Waals surface area contributed by atoms with Crippen molar-refractivity contribution in [1.82, 2.24) is 10.2 Å². The van der Waals surface area contributed by atoms with Gasteiger partial charge in [0.15, 0.2) is 0 Å². The fraction of sp³-hybridized carbons (Fsp3) is 0.500. The molecule has 0 saturated carbocycles.